The summed E-state index contributed by atoms with van der Waals surface area (Å²) in [5.41, 5.74) is 2.44. The predicted molar refractivity (Wildman–Crippen MR) is 85.3 cm³/mol. The highest BCUT2D eigenvalue weighted by Crippen LogP contribution is 2.28. The van der Waals surface area contributed by atoms with Crippen molar-refractivity contribution in [3.8, 4) is 16.3 Å². The third-order valence-corrected chi connectivity index (χ3v) is 3.86. The fourth-order valence-electron chi connectivity index (χ4n) is 1.94. The van der Waals surface area contributed by atoms with E-state index in [0.29, 0.717) is 16.4 Å². The van der Waals surface area contributed by atoms with Crippen molar-refractivity contribution in [2.24, 2.45) is 4.99 Å². The van der Waals surface area contributed by atoms with Gasteiger partial charge >= 0.3 is 0 Å². The molecule has 0 bridgehead atoms. The number of hydrogen-bond acceptors (Lipinski definition) is 5. The van der Waals surface area contributed by atoms with Crippen molar-refractivity contribution < 1.29 is 5.11 Å². The zero-order chi connectivity index (χ0) is 14.7. The van der Waals surface area contributed by atoms with Crippen LogP contribution in [0.25, 0.3) is 10.6 Å². The molecule has 0 aliphatic carbocycles. The molecule has 104 valence electrons. The summed E-state index contributed by atoms with van der Waals surface area (Å²) < 4.78 is 0. The molecule has 0 aliphatic heterocycles. The van der Waals surface area contributed by atoms with Crippen LogP contribution in [0, 0.1) is 0 Å². The fraction of sp³-hybridized carbons (Fsp3) is 0.0625. The predicted octanol–water partition coefficient (Wildman–Crippen LogP) is 4.05. The number of nitrogens with zero attached hydrogens (tertiary/aromatic N) is 3. The maximum atomic E-state index is 9.83. The number of benzene rings is 2. The van der Waals surface area contributed by atoms with Gasteiger partial charge < -0.3 is 5.11 Å². The lowest BCUT2D eigenvalue weighted by atomic mass is 10.1. The smallest absolute Gasteiger partial charge is 0.232 e. The van der Waals surface area contributed by atoms with E-state index in [4.69, 9.17) is 0 Å². The van der Waals surface area contributed by atoms with Crippen LogP contribution in [-0.4, -0.2) is 21.0 Å². The fourth-order valence-corrected chi connectivity index (χ4v) is 2.71. The van der Waals surface area contributed by atoms with Crippen molar-refractivity contribution >= 4 is 22.2 Å². The Morgan fingerprint density at radius 2 is 1.71 bits per heavy atom. The molecule has 0 saturated heterocycles. The maximum absolute atomic E-state index is 9.83. The van der Waals surface area contributed by atoms with Gasteiger partial charge in [-0.2, -0.15) is 0 Å². The lowest BCUT2D eigenvalue weighted by Gasteiger charge is -2.01. The van der Waals surface area contributed by atoms with Crippen LogP contribution in [0.2, 0.25) is 0 Å². The monoisotopic (exact) mass is 295 g/mol. The summed E-state index contributed by atoms with van der Waals surface area (Å²) in [7, 11) is 0. The summed E-state index contributed by atoms with van der Waals surface area (Å²) in [6.45, 7) is 1.85. The second-order valence-corrected chi connectivity index (χ2v) is 5.43. The zero-order valence-corrected chi connectivity index (χ0v) is 12.2. The molecule has 0 fully saturated rings. The van der Waals surface area contributed by atoms with E-state index in [0.717, 1.165) is 10.6 Å². The van der Waals surface area contributed by atoms with Crippen molar-refractivity contribution in [1.82, 2.24) is 10.2 Å². The SMILES string of the molecule is C/C(=N\c1nnc(-c2ccccc2)s1)c1ccccc1O. The molecule has 1 heterocycles. The Morgan fingerprint density at radius 1 is 1.00 bits per heavy atom. The number of aromatic nitrogens is 2. The third kappa shape index (κ3) is 2.98. The summed E-state index contributed by atoms with van der Waals surface area (Å²) in [5.74, 6) is 0.214. The van der Waals surface area contributed by atoms with Gasteiger partial charge in [0.1, 0.15) is 10.8 Å². The molecule has 0 atom stereocenters. The van der Waals surface area contributed by atoms with Crippen LogP contribution in [0.4, 0.5) is 5.13 Å². The van der Waals surface area contributed by atoms with Crippen molar-refractivity contribution in [2.75, 3.05) is 0 Å². The molecule has 0 spiro atoms. The molecule has 0 aliphatic rings. The molecule has 21 heavy (non-hydrogen) atoms. The number of aromatic hydroxyl groups is 1. The standard InChI is InChI=1S/C16H13N3OS/c1-11(13-9-5-6-10-14(13)20)17-16-19-18-15(21-16)12-7-3-2-4-8-12/h2-10,20H,1H3/b17-11+. The van der Waals surface area contributed by atoms with Crippen LogP contribution in [0.5, 0.6) is 5.75 Å². The van der Waals surface area contributed by atoms with Gasteiger partial charge in [0.05, 0.1) is 5.71 Å². The van der Waals surface area contributed by atoms with Gasteiger partial charge in [-0.05, 0) is 19.1 Å². The molecular weight excluding hydrogens is 282 g/mol. The lowest BCUT2D eigenvalue weighted by Crippen LogP contribution is -1.93. The largest absolute Gasteiger partial charge is 0.507 e. The third-order valence-electron chi connectivity index (χ3n) is 2.99. The highest BCUT2D eigenvalue weighted by molar-refractivity contribution is 7.18. The van der Waals surface area contributed by atoms with Crippen molar-refractivity contribution in [1.29, 1.82) is 0 Å². The quantitative estimate of drug-likeness (QED) is 0.741. The van der Waals surface area contributed by atoms with Gasteiger partial charge in [0.2, 0.25) is 5.13 Å². The van der Waals surface area contributed by atoms with E-state index in [2.05, 4.69) is 15.2 Å². The highest BCUT2D eigenvalue weighted by Gasteiger charge is 2.08. The van der Waals surface area contributed by atoms with Gasteiger partial charge in [-0.15, -0.1) is 10.2 Å². The van der Waals surface area contributed by atoms with E-state index < -0.39 is 0 Å². The molecule has 3 aromatic rings. The van der Waals surface area contributed by atoms with Gasteiger partial charge in [0.25, 0.3) is 0 Å². The summed E-state index contributed by atoms with van der Waals surface area (Å²) in [6, 6.07) is 17.0. The number of aliphatic imine (C=N–C) groups is 1. The van der Waals surface area contributed by atoms with Crippen LogP contribution in [0.3, 0.4) is 0 Å². The van der Waals surface area contributed by atoms with E-state index in [-0.39, 0.29) is 5.75 Å². The van der Waals surface area contributed by atoms with E-state index in [1.54, 1.807) is 12.1 Å². The number of hydrogen-bond donors (Lipinski definition) is 1. The molecule has 0 radical (unpaired) electrons. The van der Waals surface area contributed by atoms with Gasteiger partial charge in [0.15, 0.2) is 0 Å². The van der Waals surface area contributed by atoms with Gasteiger partial charge in [-0.25, -0.2) is 4.99 Å². The molecular formula is C16H13N3OS. The van der Waals surface area contributed by atoms with E-state index in [9.17, 15) is 5.11 Å². The topological polar surface area (TPSA) is 58.4 Å². The Bertz CT molecular complexity index is 781. The number of phenols is 1. The minimum Gasteiger partial charge on any atom is -0.507 e. The minimum atomic E-state index is 0.214. The Kier molecular flexibility index (Phi) is 3.75. The van der Waals surface area contributed by atoms with Crippen molar-refractivity contribution in [2.45, 2.75) is 6.92 Å². The second kappa shape index (κ2) is 5.85. The van der Waals surface area contributed by atoms with Crippen molar-refractivity contribution in [3.05, 3.63) is 60.2 Å². The Labute approximate surface area is 126 Å². The van der Waals surface area contributed by atoms with E-state index in [1.807, 2.05) is 49.4 Å². The second-order valence-electron chi connectivity index (χ2n) is 4.47. The molecule has 0 amide bonds. The Hall–Kier alpha value is -2.53. The zero-order valence-electron chi connectivity index (χ0n) is 11.4. The van der Waals surface area contributed by atoms with Crippen LogP contribution in [0.1, 0.15) is 12.5 Å². The summed E-state index contributed by atoms with van der Waals surface area (Å²) in [6.07, 6.45) is 0. The Morgan fingerprint density at radius 3 is 2.48 bits per heavy atom. The van der Waals surface area contributed by atoms with E-state index in [1.165, 1.54) is 11.3 Å². The number of rotatable bonds is 3. The lowest BCUT2D eigenvalue weighted by molar-refractivity contribution is 0.474. The van der Waals surface area contributed by atoms with Crippen molar-refractivity contribution in [3.63, 3.8) is 0 Å². The molecule has 1 aromatic heterocycles. The summed E-state index contributed by atoms with van der Waals surface area (Å²) in [5, 5.41) is 19.5. The van der Waals surface area contributed by atoms with Crippen LogP contribution in [-0.2, 0) is 0 Å². The summed E-state index contributed by atoms with van der Waals surface area (Å²) in [4.78, 5) is 4.44. The van der Waals surface area contributed by atoms with Crippen LogP contribution in [0.15, 0.2) is 59.6 Å². The highest BCUT2D eigenvalue weighted by atomic mass is 32.1. The Balaban J connectivity index is 1.91. The molecule has 4 nitrogen and oxygen atoms in total. The maximum Gasteiger partial charge on any atom is 0.232 e. The van der Waals surface area contributed by atoms with E-state index >= 15 is 0 Å². The molecule has 1 N–H and O–H groups in total. The van der Waals surface area contributed by atoms with Crippen LogP contribution < -0.4 is 0 Å². The first-order valence-electron chi connectivity index (χ1n) is 6.46. The summed E-state index contributed by atoms with van der Waals surface area (Å²) >= 11 is 1.42. The van der Waals surface area contributed by atoms with Gasteiger partial charge in [-0.3, -0.25) is 0 Å². The molecule has 3 rings (SSSR count). The molecule has 2 aromatic carbocycles. The first-order chi connectivity index (χ1) is 10.2. The first kappa shape index (κ1) is 13.5. The first-order valence-corrected chi connectivity index (χ1v) is 7.28. The average molecular weight is 295 g/mol. The van der Waals surface area contributed by atoms with Crippen LogP contribution >= 0.6 is 11.3 Å². The average Bonchev–Trinajstić information content (AvgIpc) is 2.97. The molecule has 5 heteroatoms. The van der Waals surface area contributed by atoms with Gasteiger partial charge in [-0.1, -0.05) is 53.8 Å². The normalized spacial score (nSPS) is 11.6. The number of phenolic OH excluding ortho intramolecular Hbond substituents is 1. The minimum absolute atomic E-state index is 0.214. The van der Waals surface area contributed by atoms with Gasteiger partial charge in [0, 0.05) is 11.1 Å². The molecule has 0 unspecified atom stereocenters. The number of para-hydroxylation sites is 1. The molecule has 0 saturated carbocycles.